The zero-order valence-corrected chi connectivity index (χ0v) is 11.0. The molecule has 1 saturated heterocycles. The molecule has 1 aliphatic rings. The van der Waals surface area contributed by atoms with Crippen LogP contribution in [0, 0.1) is 23.6 Å². The Hall–Kier alpha value is -1.90. The first-order valence-electron chi connectivity index (χ1n) is 6.48. The predicted molar refractivity (Wildman–Crippen MR) is 72.5 cm³/mol. The van der Waals surface area contributed by atoms with Crippen LogP contribution in [-0.2, 0) is 9.53 Å². The highest BCUT2D eigenvalue weighted by Gasteiger charge is 2.23. The Labute approximate surface area is 116 Å². The number of nitrogens with one attached hydrogen (secondary N) is 1. The van der Waals surface area contributed by atoms with E-state index in [0.717, 1.165) is 0 Å². The zero-order chi connectivity index (χ0) is 14.4. The quantitative estimate of drug-likeness (QED) is 0.824. The van der Waals surface area contributed by atoms with Crippen molar-refractivity contribution in [1.29, 1.82) is 0 Å². The summed E-state index contributed by atoms with van der Waals surface area (Å²) in [7, 11) is 0. The van der Waals surface area contributed by atoms with Gasteiger partial charge in [0.15, 0.2) is 0 Å². The topological polar surface area (TPSA) is 58.6 Å². The largest absolute Gasteiger partial charge is 0.395 e. The number of halogens is 1. The van der Waals surface area contributed by atoms with Crippen molar-refractivity contribution in [3.05, 3.63) is 29.6 Å². The lowest BCUT2D eigenvalue weighted by Crippen LogP contribution is -2.22. The Morgan fingerprint density at radius 1 is 1.55 bits per heavy atom. The maximum absolute atomic E-state index is 13.5. The molecule has 1 amide bonds. The maximum atomic E-state index is 13.5. The second-order valence-electron chi connectivity index (χ2n) is 4.52. The summed E-state index contributed by atoms with van der Waals surface area (Å²) in [6, 6.07) is 4.26. The first-order chi connectivity index (χ1) is 9.70. The van der Waals surface area contributed by atoms with E-state index in [1.807, 2.05) is 0 Å². The minimum Gasteiger partial charge on any atom is -0.395 e. The number of carbonyl (C=O) groups is 1. The van der Waals surface area contributed by atoms with Gasteiger partial charge in [-0.2, -0.15) is 0 Å². The predicted octanol–water partition coefficient (Wildman–Crippen LogP) is 1.53. The van der Waals surface area contributed by atoms with Crippen LogP contribution in [0.2, 0.25) is 0 Å². The number of ether oxygens (including phenoxy) is 1. The minimum atomic E-state index is -0.447. The Morgan fingerprint density at radius 2 is 2.40 bits per heavy atom. The molecule has 20 heavy (non-hydrogen) atoms. The van der Waals surface area contributed by atoms with Crippen molar-refractivity contribution < 1.29 is 19.0 Å². The van der Waals surface area contributed by atoms with E-state index in [1.165, 1.54) is 18.2 Å². The summed E-state index contributed by atoms with van der Waals surface area (Å²) in [6.45, 7) is 0.961. The normalized spacial score (nSPS) is 17.4. The van der Waals surface area contributed by atoms with Crippen molar-refractivity contribution in [2.75, 3.05) is 25.1 Å². The van der Waals surface area contributed by atoms with Crippen LogP contribution in [0.1, 0.15) is 18.4 Å². The number of rotatable bonds is 3. The monoisotopic (exact) mass is 277 g/mol. The van der Waals surface area contributed by atoms with Crippen molar-refractivity contribution in [3.63, 3.8) is 0 Å². The van der Waals surface area contributed by atoms with Gasteiger partial charge in [0.05, 0.1) is 24.7 Å². The number of hydrogen-bond donors (Lipinski definition) is 2. The van der Waals surface area contributed by atoms with E-state index in [9.17, 15) is 9.18 Å². The lowest BCUT2D eigenvalue weighted by molar-refractivity contribution is -0.119. The van der Waals surface area contributed by atoms with Crippen LogP contribution in [0.25, 0.3) is 0 Å². The molecule has 0 bridgehead atoms. The molecule has 106 valence electrons. The van der Waals surface area contributed by atoms with Crippen molar-refractivity contribution in [2.24, 2.45) is 5.92 Å². The molecular weight excluding hydrogens is 261 g/mol. The van der Waals surface area contributed by atoms with Gasteiger partial charge in [-0.15, -0.1) is 0 Å². The van der Waals surface area contributed by atoms with Crippen molar-refractivity contribution in [2.45, 2.75) is 12.8 Å². The highest BCUT2D eigenvalue weighted by molar-refractivity contribution is 5.92. The van der Waals surface area contributed by atoms with Crippen LogP contribution >= 0.6 is 0 Å². The van der Waals surface area contributed by atoms with E-state index in [4.69, 9.17) is 9.84 Å². The van der Waals surface area contributed by atoms with Crippen LogP contribution in [0.3, 0.4) is 0 Å². The van der Waals surface area contributed by atoms with Gasteiger partial charge in [0.1, 0.15) is 5.82 Å². The molecular formula is C15H16FNO3. The molecule has 0 aromatic heterocycles. The highest BCUT2D eigenvalue weighted by Crippen LogP contribution is 2.18. The standard InChI is InChI=1S/C15H16FNO3/c16-14-5-4-13(9-11(14)3-1-2-7-18)17-15(19)12-6-8-20-10-12/h4-5,9,12,18H,2,6-8,10H2,(H,17,19). The molecule has 1 aliphatic heterocycles. The van der Waals surface area contributed by atoms with Crippen LogP contribution in [0.15, 0.2) is 18.2 Å². The molecule has 1 atom stereocenters. The lowest BCUT2D eigenvalue weighted by Gasteiger charge is -2.09. The van der Waals surface area contributed by atoms with E-state index in [2.05, 4.69) is 17.2 Å². The van der Waals surface area contributed by atoms with Gasteiger partial charge in [-0.05, 0) is 24.6 Å². The third-order valence-corrected chi connectivity index (χ3v) is 2.99. The second-order valence-corrected chi connectivity index (χ2v) is 4.52. The molecule has 4 nitrogen and oxygen atoms in total. The first-order valence-corrected chi connectivity index (χ1v) is 6.48. The van der Waals surface area contributed by atoms with Gasteiger partial charge < -0.3 is 15.2 Å². The summed E-state index contributed by atoms with van der Waals surface area (Å²) >= 11 is 0. The van der Waals surface area contributed by atoms with Crippen LogP contribution < -0.4 is 5.32 Å². The molecule has 1 fully saturated rings. The molecule has 0 spiro atoms. The van der Waals surface area contributed by atoms with Crippen LogP contribution in [0.5, 0.6) is 0 Å². The molecule has 1 heterocycles. The molecule has 2 N–H and O–H groups in total. The SMILES string of the molecule is O=C(Nc1ccc(F)c(C#CCCO)c1)C1CCOC1. The van der Waals surface area contributed by atoms with Gasteiger partial charge in [-0.25, -0.2) is 4.39 Å². The fourth-order valence-corrected chi connectivity index (χ4v) is 1.90. The number of benzene rings is 1. The van der Waals surface area contributed by atoms with E-state index >= 15 is 0 Å². The molecule has 0 radical (unpaired) electrons. The summed E-state index contributed by atoms with van der Waals surface area (Å²) in [4.78, 5) is 11.9. The number of aliphatic hydroxyl groups excluding tert-OH is 1. The van der Waals surface area contributed by atoms with Gasteiger partial charge in [0.2, 0.25) is 5.91 Å². The van der Waals surface area contributed by atoms with Crippen molar-refractivity contribution in [1.82, 2.24) is 0 Å². The Bertz CT molecular complexity index is 542. The first kappa shape index (κ1) is 14.5. The number of anilines is 1. The van der Waals surface area contributed by atoms with Crippen molar-refractivity contribution in [3.8, 4) is 11.8 Å². The molecule has 0 aliphatic carbocycles. The van der Waals surface area contributed by atoms with Gasteiger partial charge in [-0.1, -0.05) is 11.8 Å². The van der Waals surface area contributed by atoms with E-state index in [0.29, 0.717) is 25.3 Å². The average Bonchev–Trinajstić information content (AvgIpc) is 2.96. The third kappa shape index (κ3) is 3.80. The fourth-order valence-electron chi connectivity index (χ4n) is 1.90. The molecule has 1 unspecified atom stereocenters. The molecule has 1 aromatic rings. The summed E-state index contributed by atoms with van der Waals surface area (Å²) < 4.78 is 18.7. The maximum Gasteiger partial charge on any atom is 0.229 e. The van der Waals surface area contributed by atoms with Crippen molar-refractivity contribution >= 4 is 11.6 Å². The summed E-state index contributed by atoms with van der Waals surface area (Å²) in [6.07, 6.45) is 0.992. The smallest absolute Gasteiger partial charge is 0.229 e. The Morgan fingerprint density at radius 3 is 3.10 bits per heavy atom. The second kappa shape index (κ2) is 7.04. The Kier molecular flexibility index (Phi) is 5.10. The minimum absolute atomic E-state index is 0.0628. The average molecular weight is 277 g/mol. The highest BCUT2D eigenvalue weighted by atomic mass is 19.1. The zero-order valence-electron chi connectivity index (χ0n) is 11.0. The van der Waals surface area contributed by atoms with Gasteiger partial charge in [0.25, 0.3) is 0 Å². The van der Waals surface area contributed by atoms with E-state index < -0.39 is 5.82 Å². The van der Waals surface area contributed by atoms with Gasteiger partial charge in [-0.3, -0.25) is 4.79 Å². The molecule has 2 rings (SSSR count). The lowest BCUT2D eigenvalue weighted by atomic mass is 10.1. The fraction of sp³-hybridized carbons (Fsp3) is 0.400. The number of amides is 1. The number of hydrogen-bond acceptors (Lipinski definition) is 3. The van der Waals surface area contributed by atoms with Crippen LogP contribution in [-0.4, -0.2) is 30.8 Å². The van der Waals surface area contributed by atoms with E-state index in [-0.39, 0.29) is 30.4 Å². The third-order valence-electron chi connectivity index (χ3n) is 2.99. The Balaban J connectivity index is 2.07. The molecule has 5 heteroatoms. The van der Waals surface area contributed by atoms with Gasteiger partial charge in [0, 0.05) is 18.7 Å². The number of aliphatic hydroxyl groups is 1. The van der Waals surface area contributed by atoms with Gasteiger partial charge >= 0.3 is 0 Å². The summed E-state index contributed by atoms with van der Waals surface area (Å²) in [5, 5.41) is 11.4. The summed E-state index contributed by atoms with van der Waals surface area (Å²) in [5.41, 5.74) is 0.718. The summed E-state index contributed by atoms with van der Waals surface area (Å²) in [5.74, 6) is 4.57. The van der Waals surface area contributed by atoms with Crippen LogP contribution in [0.4, 0.5) is 10.1 Å². The van der Waals surface area contributed by atoms with E-state index in [1.54, 1.807) is 0 Å². The number of carbonyl (C=O) groups excluding carboxylic acids is 1. The molecule has 1 aromatic carbocycles. The molecule has 0 saturated carbocycles.